The van der Waals surface area contributed by atoms with Crippen molar-refractivity contribution in [2.75, 3.05) is 0 Å². The van der Waals surface area contributed by atoms with Crippen molar-refractivity contribution in [1.82, 2.24) is 9.55 Å². The van der Waals surface area contributed by atoms with E-state index in [1.165, 1.54) is 11.3 Å². The van der Waals surface area contributed by atoms with Crippen LogP contribution in [0.15, 0.2) is 95.1 Å². The standard InChI is InChI=1S/C32H25ClN2O2S/c1-32(2)17-28-24(29(36)18-32)16-25(30-34-26(19-38-30)21-12-14-22(33)15-13-21)31(37)35(28)27-11-7-6-10-23(27)20-8-4-3-5-9-20/h3-16,19H,17-18H2,1-2H3. The monoisotopic (exact) mass is 536 g/mol. The van der Waals surface area contributed by atoms with E-state index in [1.54, 1.807) is 10.6 Å². The predicted octanol–water partition coefficient (Wildman–Crippen LogP) is 8.10. The summed E-state index contributed by atoms with van der Waals surface area (Å²) in [5.41, 5.74) is 5.78. The summed E-state index contributed by atoms with van der Waals surface area (Å²) in [4.78, 5) is 32.6. The van der Waals surface area contributed by atoms with E-state index >= 15 is 0 Å². The first-order chi connectivity index (χ1) is 18.3. The van der Waals surface area contributed by atoms with Crippen LogP contribution in [0.25, 0.3) is 38.6 Å². The number of aromatic nitrogens is 2. The molecule has 2 heterocycles. The molecule has 3 aromatic carbocycles. The lowest BCUT2D eigenvalue weighted by Crippen LogP contribution is -2.35. The molecule has 0 saturated heterocycles. The number of halogens is 1. The van der Waals surface area contributed by atoms with Gasteiger partial charge in [-0.3, -0.25) is 14.2 Å². The molecule has 188 valence electrons. The van der Waals surface area contributed by atoms with E-state index in [2.05, 4.69) is 13.8 Å². The molecular weight excluding hydrogens is 512 g/mol. The van der Waals surface area contributed by atoms with Crippen LogP contribution < -0.4 is 5.56 Å². The lowest BCUT2D eigenvalue weighted by molar-refractivity contribution is 0.0909. The minimum Gasteiger partial charge on any atom is -0.294 e. The van der Waals surface area contributed by atoms with Gasteiger partial charge < -0.3 is 0 Å². The molecule has 0 atom stereocenters. The maximum absolute atomic E-state index is 14.3. The molecule has 0 radical (unpaired) electrons. The molecule has 0 unspecified atom stereocenters. The van der Waals surface area contributed by atoms with Gasteiger partial charge in [0.05, 0.1) is 16.9 Å². The molecule has 5 aromatic rings. The highest BCUT2D eigenvalue weighted by atomic mass is 35.5. The number of ketones is 1. The van der Waals surface area contributed by atoms with Crippen LogP contribution in [0.2, 0.25) is 5.02 Å². The highest BCUT2D eigenvalue weighted by Gasteiger charge is 2.35. The van der Waals surface area contributed by atoms with Crippen LogP contribution in [0, 0.1) is 5.41 Å². The fraction of sp³-hybridized carbons (Fsp3) is 0.156. The number of carbonyl (C=O) groups is 1. The number of para-hydroxylation sites is 1. The number of carbonyl (C=O) groups excluding carboxylic acids is 1. The van der Waals surface area contributed by atoms with Crippen LogP contribution in [0.1, 0.15) is 36.3 Å². The quantitative estimate of drug-likeness (QED) is 0.233. The SMILES string of the molecule is CC1(C)CC(=O)c2cc(-c3nc(-c4ccc(Cl)cc4)cs3)c(=O)n(-c3ccccc3-c3ccccc3)c2C1. The molecule has 6 heteroatoms. The predicted molar refractivity (Wildman–Crippen MR) is 155 cm³/mol. The summed E-state index contributed by atoms with van der Waals surface area (Å²) in [6.07, 6.45) is 1.06. The molecule has 0 spiro atoms. The normalized spacial score (nSPS) is 14.3. The highest BCUT2D eigenvalue weighted by Crippen LogP contribution is 2.38. The first-order valence-corrected chi connectivity index (χ1v) is 13.8. The number of fused-ring (bicyclic) bond motifs is 1. The molecule has 0 aliphatic heterocycles. The van der Waals surface area contributed by atoms with Gasteiger partial charge in [0.15, 0.2) is 5.78 Å². The number of hydrogen-bond donors (Lipinski definition) is 0. The topological polar surface area (TPSA) is 52.0 Å². The number of rotatable bonds is 4. The summed E-state index contributed by atoms with van der Waals surface area (Å²) in [6, 6.07) is 27.1. The second-order valence-corrected chi connectivity index (χ2v) is 11.7. The molecule has 0 amide bonds. The summed E-state index contributed by atoms with van der Waals surface area (Å²) < 4.78 is 1.76. The maximum Gasteiger partial charge on any atom is 0.265 e. The Morgan fingerprint density at radius 3 is 2.29 bits per heavy atom. The third-order valence-corrected chi connectivity index (χ3v) is 8.12. The number of hydrogen-bond acceptors (Lipinski definition) is 4. The summed E-state index contributed by atoms with van der Waals surface area (Å²) in [6.45, 7) is 4.16. The summed E-state index contributed by atoms with van der Waals surface area (Å²) in [7, 11) is 0. The lowest BCUT2D eigenvalue weighted by atomic mass is 9.75. The van der Waals surface area contributed by atoms with Crippen molar-refractivity contribution in [2.45, 2.75) is 26.7 Å². The van der Waals surface area contributed by atoms with Crippen molar-refractivity contribution < 1.29 is 4.79 Å². The first kappa shape index (κ1) is 24.5. The van der Waals surface area contributed by atoms with Gasteiger partial charge >= 0.3 is 0 Å². The zero-order valence-corrected chi connectivity index (χ0v) is 22.6. The molecule has 1 aliphatic carbocycles. The smallest absolute Gasteiger partial charge is 0.265 e. The summed E-state index contributed by atoms with van der Waals surface area (Å²) in [5, 5.41) is 3.18. The Morgan fingerprint density at radius 1 is 0.816 bits per heavy atom. The van der Waals surface area contributed by atoms with Crippen LogP contribution in [-0.4, -0.2) is 15.3 Å². The molecule has 38 heavy (non-hydrogen) atoms. The molecule has 1 aliphatic rings. The second kappa shape index (κ2) is 9.50. The number of thiazole rings is 1. The zero-order valence-electron chi connectivity index (χ0n) is 21.1. The Hall–Kier alpha value is -3.80. The van der Waals surface area contributed by atoms with Crippen LogP contribution in [0.3, 0.4) is 0 Å². The Labute approximate surface area is 230 Å². The molecule has 0 fully saturated rings. The Bertz CT molecular complexity index is 1730. The first-order valence-electron chi connectivity index (χ1n) is 12.5. The van der Waals surface area contributed by atoms with Gasteiger partial charge in [0.1, 0.15) is 5.01 Å². The average Bonchev–Trinajstić information content (AvgIpc) is 3.39. The largest absolute Gasteiger partial charge is 0.294 e. The van der Waals surface area contributed by atoms with Crippen molar-refractivity contribution in [3.05, 3.63) is 117 Å². The zero-order chi connectivity index (χ0) is 26.4. The summed E-state index contributed by atoms with van der Waals surface area (Å²) in [5.74, 6) is 0.0536. The molecule has 0 bridgehead atoms. The van der Waals surface area contributed by atoms with Gasteiger partial charge in [-0.25, -0.2) is 4.98 Å². The number of benzene rings is 3. The van der Waals surface area contributed by atoms with Gasteiger partial charge in [-0.2, -0.15) is 0 Å². The Kier molecular flexibility index (Phi) is 6.13. The fourth-order valence-corrected chi connectivity index (χ4v) is 6.17. The van der Waals surface area contributed by atoms with E-state index < -0.39 is 0 Å². The fourth-order valence-electron chi connectivity index (χ4n) is 5.20. The molecular formula is C32H25ClN2O2S. The van der Waals surface area contributed by atoms with Crippen molar-refractivity contribution in [1.29, 1.82) is 0 Å². The minimum absolute atomic E-state index is 0.0536. The molecule has 6 rings (SSSR count). The van der Waals surface area contributed by atoms with Crippen LogP contribution in [0.4, 0.5) is 0 Å². The number of nitrogens with zero attached hydrogens (tertiary/aromatic N) is 2. The number of pyridine rings is 1. The van der Waals surface area contributed by atoms with E-state index in [4.69, 9.17) is 16.6 Å². The van der Waals surface area contributed by atoms with Crippen molar-refractivity contribution in [3.63, 3.8) is 0 Å². The average molecular weight is 537 g/mol. The second-order valence-electron chi connectivity index (χ2n) is 10.4. The lowest BCUT2D eigenvalue weighted by Gasteiger charge is -2.32. The van der Waals surface area contributed by atoms with E-state index in [0.29, 0.717) is 34.0 Å². The molecule has 0 saturated carbocycles. The molecule has 4 nitrogen and oxygen atoms in total. The third kappa shape index (κ3) is 4.42. The van der Waals surface area contributed by atoms with E-state index in [1.807, 2.05) is 84.2 Å². The van der Waals surface area contributed by atoms with Crippen molar-refractivity contribution in [2.24, 2.45) is 5.41 Å². The van der Waals surface area contributed by atoms with Gasteiger partial charge in [-0.05, 0) is 41.7 Å². The van der Waals surface area contributed by atoms with Gasteiger partial charge in [0.2, 0.25) is 0 Å². The van der Waals surface area contributed by atoms with Gasteiger partial charge in [0, 0.05) is 39.2 Å². The minimum atomic E-state index is -0.246. The van der Waals surface area contributed by atoms with Crippen molar-refractivity contribution in [3.8, 4) is 38.6 Å². The van der Waals surface area contributed by atoms with E-state index in [9.17, 15) is 9.59 Å². The van der Waals surface area contributed by atoms with E-state index in [-0.39, 0.29) is 16.8 Å². The van der Waals surface area contributed by atoms with Crippen LogP contribution in [0.5, 0.6) is 0 Å². The van der Waals surface area contributed by atoms with Crippen LogP contribution in [-0.2, 0) is 6.42 Å². The van der Waals surface area contributed by atoms with E-state index in [0.717, 1.165) is 33.8 Å². The maximum atomic E-state index is 14.3. The molecule has 0 N–H and O–H groups in total. The third-order valence-electron chi connectivity index (χ3n) is 6.99. The number of Topliss-reactive ketones (excluding diaryl/α,β-unsaturated/α-hetero) is 1. The van der Waals surface area contributed by atoms with Crippen molar-refractivity contribution >= 4 is 28.7 Å². The van der Waals surface area contributed by atoms with Gasteiger partial charge in [-0.1, -0.05) is 86.1 Å². The Morgan fingerprint density at radius 2 is 1.53 bits per heavy atom. The van der Waals surface area contributed by atoms with Crippen LogP contribution >= 0.6 is 22.9 Å². The highest BCUT2D eigenvalue weighted by molar-refractivity contribution is 7.13. The molecule has 2 aromatic heterocycles. The van der Waals surface area contributed by atoms with Gasteiger partial charge in [0.25, 0.3) is 5.56 Å². The summed E-state index contributed by atoms with van der Waals surface area (Å²) >= 11 is 7.46. The van der Waals surface area contributed by atoms with Gasteiger partial charge in [-0.15, -0.1) is 11.3 Å². The Balaban J connectivity index is 1.60.